The summed E-state index contributed by atoms with van der Waals surface area (Å²) < 4.78 is 42.2. The van der Waals surface area contributed by atoms with Crippen molar-refractivity contribution in [2.75, 3.05) is 7.11 Å². The van der Waals surface area contributed by atoms with Gasteiger partial charge < -0.3 is 9.84 Å². The van der Waals surface area contributed by atoms with Gasteiger partial charge in [-0.15, -0.1) is 0 Å². The van der Waals surface area contributed by atoms with Crippen LogP contribution in [-0.2, 0) is 16.0 Å². The number of alkyl halides is 2. The molecule has 1 aromatic heterocycles. The summed E-state index contributed by atoms with van der Waals surface area (Å²) in [5.74, 6) is -2.93. The lowest BCUT2D eigenvalue weighted by atomic mass is 10.1. The van der Waals surface area contributed by atoms with Crippen molar-refractivity contribution in [2.45, 2.75) is 12.8 Å². The van der Waals surface area contributed by atoms with Crippen LogP contribution < -0.4 is 0 Å². The van der Waals surface area contributed by atoms with E-state index in [2.05, 4.69) is 9.72 Å². The van der Waals surface area contributed by atoms with Gasteiger partial charge in [-0.1, -0.05) is 0 Å². The molecular formula is C9H8F3NO3. The zero-order valence-corrected chi connectivity index (χ0v) is 8.21. The predicted molar refractivity (Wildman–Crippen MR) is 46.5 cm³/mol. The fraction of sp³-hybridized carbons (Fsp3) is 0.333. The minimum Gasteiger partial charge on any atom is -0.506 e. The number of nitrogens with zero attached hydrogens (tertiary/aromatic N) is 1. The number of carbonyl (C=O) groups excluding carboxylic acids is 1. The van der Waals surface area contributed by atoms with Gasteiger partial charge in [0.25, 0.3) is 6.43 Å². The molecular weight excluding hydrogens is 227 g/mol. The average molecular weight is 235 g/mol. The van der Waals surface area contributed by atoms with Gasteiger partial charge >= 0.3 is 5.97 Å². The number of methoxy groups -OCH3 is 1. The average Bonchev–Trinajstić information content (AvgIpc) is 2.22. The van der Waals surface area contributed by atoms with Gasteiger partial charge in [-0.2, -0.15) is 4.39 Å². The van der Waals surface area contributed by atoms with Crippen LogP contribution in [-0.4, -0.2) is 23.2 Å². The molecule has 0 aliphatic carbocycles. The van der Waals surface area contributed by atoms with Gasteiger partial charge in [0.1, 0.15) is 5.75 Å². The predicted octanol–water partition coefficient (Wildman–Crippen LogP) is 1.58. The molecule has 88 valence electrons. The van der Waals surface area contributed by atoms with Crippen molar-refractivity contribution in [3.8, 4) is 5.75 Å². The molecule has 1 heterocycles. The fourth-order valence-corrected chi connectivity index (χ4v) is 1.15. The normalized spacial score (nSPS) is 10.6. The number of halogens is 3. The van der Waals surface area contributed by atoms with E-state index in [4.69, 9.17) is 0 Å². The van der Waals surface area contributed by atoms with Crippen LogP contribution in [0.1, 0.15) is 17.6 Å². The Morgan fingerprint density at radius 3 is 2.75 bits per heavy atom. The molecule has 0 radical (unpaired) electrons. The van der Waals surface area contributed by atoms with Gasteiger partial charge in [-0.05, 0) is 0 Å². The molecule has 0 unspecified atom stereocenters. The highest BCUT2D eigenvalue weighted by Gasteiger charge is 2.24. The number of aromatic hydroxyl groups is 1. The van der Waals surface area contributed by atoms with Crippen LogP contribution in [0.2, 0.25) is 0 Å². The van der Waals surface area contributed by atoms with Crippen LogP contribution >= 0.6 is 0 Å². The van der Waals surface area contributed by atoms with Crippen molar-refractivity contribution in [2.24, 2.45) is 0 Å². The maximum Gasteiger partial charge on any atom is 0.310 e. The van der Waals surface area contributed by atoms with Crippen molar-refractivity contribution in [1.82, 2.24) is 4.98 Å². The van der Waals surface area contributed by atoms with Gasteiger partial charge in [0.2, 0.25) is 5.95 Å². The lowest BCUT2D eigenvalue weighted by Gasteiger charge is -2.09. The Hall–Kier alpha value is -1.79. The van der Waals surface area contributed by atoms with Crippen molar-refractivity contribution in [3.05, 3.63) is 23.3 Å². The molecule has 0 saturated heterocycles. The summed E-state index contributed by atoms with van der Waals surface area (Å²) in [4.78, 5) is 13.8. The van der Waals surface area contributed by atoms with Crippen molar-refractivity contribution in [1.29, 1.82) is 0 Å². The molecule has 0 aromatic carbocycles. The smallest absolute Gasteiger partial charge is 0.310 e. The topological polar surface area (TPSA) is 59.4 Å². The van der Waals surface area contributed by atoms with Gasteiger partial charge in [-0.3, -0.25) is 4.79 Å². The monoisotopic (exact) mass is 235 g/mol. The molecule has 16 heavy (non-hydrogen) atoms. The van der Waals surface area contributed by atoms with Crippen LogP contribution in [0, 0.1) is 5.95 Å². The van der Waals surface area contributed by atoms with Gasteiger partial charge in [0.05, 0.1) is 25.3 Å². The summed E-state index contributed by atoms with van der Waals surface area (Å²) in [6, 6.07) is 0. The van der Waals surface area contributed by atoms with E-state index >= 15 is 0 Å². The second-order valence-electron chi connectivity index (χ2n) is 2.88. The lowest BCUT2D eigenvalue weighted by Crippen LogP contribution is -2.09. The molecule has 1 aromatic rings. The van der Waals surface area contributed by atoms with Gasteiger partial charge in [0.15, 0.2) is 0 Å². The number of hydrogen-bond acceptors (Lipinski definition) is 4. The molecule has 0 amide bonds. The molecule has 0 spiro atoms. The number of pyridine rings is 1. The SMILES string of the molecule is COC(=O)Cc1c(O)cnc(F)c1C(F)F. The number of ether oxygens (including phenoxy) is 1. The summed E-state index contributed by atoms with van der Waals surface area (Å²) in [6.45, 7) is 0. The van der Waals surface area contributed by atoms with E-state index in [9.17, 15) is 23.1 Å². The molecule has 0 aliphatic heterocycles. The fourth-order valence-electron chi connectivity index (χ4n) is 1.15. The first-order chi connectivity index (χ1) is 7.47. The summed E-state index contributed by atoms with van der Waals surface area (Å²) in [6.07, 6.45) is -3.14. The molecule has 7 heteroatoms. The van der Waals surface area contributed by atoms with Crippen LogP contribution in [0.3, 0.4) is 0 Å². The highest BCUT2D eigenvalue weighted by Crippen LogP contribution is 2.30. The van der Waals surface area contributed by atoms with Crippen LogP contribution in [0.15, 0.2) is 6.20 Å². The first-order valence-electron chi connectivity index (χ1n) is 4.18. The quantitative estimate of drug-likeness (QED) is 0.638. The van der Waals surface area contributed by atoms with E-state index in [0.29, 0.717) is 6.20 Å². The number of carbonyl (C=O) groups is 1. The molecule has 0 atom stereocenters. The Morgan fingerprint density at radius 1 is 1.62 bits per heavy atom. The Labute approximate surface area is 88.7 Å². The highest BCUT2D eigenvalue weighted by molar-refractivity contribution is 5.74. The minimum absolute atomic E-state index is 0.505. The Morgan fingerprint density at radius 2 is 2.25 bits per heavy atom. The zero-order chi connectivity index (χ0) is 12.3. The molecule has 0 saturated carbocycles. The second-order valence-corrected chi connectivity index (χ2v) is 2.88. The second kappa shape index (κ2) is 4.82. The summed E-state index contributed by atoms with van der Waals surface area (Å²) in [5.41, 5.74) is -1.58. The maximum absolute atomic E-state index is 13.0. The lowest BCUT2D eigenvalue weighted by molar-refractivity contribution is -0.139. The summed E-state index contributed by atoms with van der Waals surface area (Å²) in [5, 5.41) is 9.24. The number of esters is 1. The van der Waals surface area contributed by atoms with Crippen LogP contribution in [0.5, 0.6) is 5.75 Å². The molecule has 1 N–H and O–H groups in total. The Kier molecular flexibility index (Phi) is 3.70. The molecule has 1 rings (SSSR count). The number of aromatic nitrogens is 1. The summed E-state index contributed by atoms with van der Waals surface area (Å²) >= 11 is 0. The van der Waals surface area contributed by atoms with E-state index < -0.39 is 41.6 Å². The highest BCUT2D eigenvalue weighted by atomic mass is 19.3. The van der Waals surface area contributed by atoms with Gasteiger partial charge in [0, 0.05) is 5.56 Å². The van der Waals surface area contributed by atoms with Crippen LogP contribution in [0.25, 0.3) is 0 Å². The molecule has 0 aliphatic rings. The molecule has 0 bridgehead atoms. The standard InChI is InChI=1S/C9H8F3NO3/c1-16-6(15)2-4-5(14)3-13-9(12)7(4)8(10)11/h3,8,14H,2H2,1H3. The number of hydrogen-bond donors (Lipinski definition) is 1. The summed E-state index contributed by atoms with van der Waals surface area (Å²) in [7, 11) is 1.05. The van der Waals surface area contributed by atoms with Gasteiger partial charge in [-0.25, -0.2) is 13.8 Å². The van der Waals surface area contributed by atoms with E-state index in [-0.39, 0.29) is 0 Å². The van der Waals surface area contributed by atoms with Crippen molar-refractivity contribution < 1.29 is 27.8 Å². The van der Waals surface area contributed by atoms with Crippen molar-refractivity contribution >= 4 is 5.97 Å². The third-order valence-electron chi connectivity index (χ3n) is 1.92. The van der Waals surface area contributed by atoms with E-state index in [1.807, 2.05) is 0 Å². The maximum atomic E-state index is 13.0. The zero-order valence-electron chi connectivity index (χ0n) is 8.21. The number of rotatable bonds is 3. The minimum atomic E-state index is -3.17. The first kappa shape index (κ1) is 12.3. The molecule has 0 fully saturated rings. The van der Waals surface area contributed by atoms with E-state index in [1.165, 1.54) is 0 Å². The first-order valence-corrected chi connectivity index (χ1v) is 4.18. The van der Waals surface area contributed by atoms with E-state index in [0.717, 1.165) is 7.11 Å². The Balaban J connectivity index is 3.23. The Bertz CT molecular complexity index is 409. The largest absolute Gasteiger partial charge is 0.506 e. The third kappa shape index (κ3) is 2.41. The van der Waals surface area contributed by atoms with E-state index in [1.54, 1.807) is 0 Å². The van der Waals surface area contributed by atoms with Crippen LogP contribution in [0.4, 0.5) is 13.2 Å². The third-order valence-corrected chi connectivity index (χ3v) is 1.92. The van der Waals surface area contributed by atoms with Crippen molar-refractivity contribution in [3.63, 3.8) is 0 Å². The molecule has 4 nitrogen and oxygen atoms in total.